The zero-order valence-electron chi connectivity index (χ0n) is 21.0. The average Bonchev–Trinajstić information content (AvgIpc) is 3.11. The van der Waals surface area contributed by atoms with Crippen LogP contribution in [0.5, 0.6) is 0 Å². The van der Waals surface area contributed by atoms with E-state index in [0.29, 0.717) is 17.8 Å². The Balaban J connectivity index is 1.76. The summed E-state index contributed by atoms with van der Waals surface area (Å²) in [4.78, 5) is 18.4. The van der Waals surface area contributed by atoms with Gasteiger partial charge in [-0.3, -0.25) is 9.88 Å². The number of anilines is 1. The van der Waals surface area contributed by atoms with E-state index in [1.807, 2.05) is 13.8 Å². The van der Waals surface area contributed by atoms with Gasteiger partial charge in [0.25, 0.3) is 0 Å². The summed E-state index contributed by atoms with van der Waals surface area (Å²) in [6.07, 6.45) is -11.8. The molecule has 0 unspecified atom stereocenters. The number of carbonyl (C=O) groups excluding carboxylic acids is 1. The Morgan fingerprint density at radius 2 is 1.64 bits per heavy atom. The minimum Gasteiger partial charge on any atom is -0.439 e. The largest absolute Gasteiger partial charge is 0.439 e. The molecule has 2 aromatic carbocycles. The molecule has 208 valence electrons. The van der Waals surface area contributed by atoms with Gasteiger partial charge in [-0.05, 0) is 66.4 Å². The smallest absolute Gasteiger partial charge is 0.416 e. The van der Waals surface area contributed by atoms with E-state index in [1.165, 1.54) is 13.0 Å². The third-order valence-corrected chi connectivity index (χ3v) is 6.54. The van der Waals surface area contributed by atoms with Crippen LogP contribution in [-0.2, 0) is 23.6 Å². The highest BCUT2D eigenvalue weighted by Gasteiger charge is 2.42. The minimum absolute atomic E-state index is 0.00977. The fraction of sp³-hybridized carbons (Fsp3) is 0.333. The molecule has 2 heterocycles. The topological polar surface area (TPSA) is 68.5 Å². The summed E-state index contributed by atoms with van der Waals surface area (Å²) < 4.78 is 99.8. The van der Waals surface area contributed by atoms with Crippen LogP contribution in [0.4, 0.5) is 41.2 Å². The fourth-order valence-electron chi connectivity index (χ4n) is 4.44. The quantitative estimate of drug-likeness (QED) is 0.328. The number of benzene rings is 2. The minimum atomic E-state index is -4.84. The standard InChI is InChI=1S/C27H24F7N3O2/c1-13(2)22-7-6-21(35)23(36-22)20-5-4-17(26(29,30)31)9-16(20)12-37-14(3)24(39-25(37)38)15-8-18(27(32,33)34)11-19(28)10-15/h4-11,13-14,24H,12,35H2,1-3H3/t14-,24-/m0/s1. The molecule has 2 atom stereocenters. The van der Waals surface area contributed by atoms with Crippen molar-refractivity contribution in [2.45, 2.75) is 57.7 Å². The van der Waals surface area contributed by atoms with Crippen molar-refractivity contribution >= 4 is 11.8 Å². The van der Waals surface area contributed by atoms with Gasteiger partial charge in [0.2, 0.25) is 0 Å². The molecule has 1 fully saturated rings. The monoisotopic (exact) mass is 555 g/mol. The SMILES string of the molecule is CC(C)c1ccc(N)c(-c2ccc(C(F)(F)F)cc2CN2C(=O)O[C@H](c3cc(F)cc(C(F)(F)F)c3)[C@@H]2C)n1. The van der Waals surface area contributed by atoms with E-state index in [4.69, 9.17) is 10.5 Å². The molecule has 5 nitrogen and oxygen atoms in total. The number of pyridine rings is 1. The van der Waals surface area contributed by atoms with Gasteiger partial charge in [-0.2, -0.15) is 26.3 Å². The van der Waals surface area contributed by atoms with Crippen LogP contribution in [0, 0.1) is 5.82 Å². The maximum Gasteiger partial charge on any atom is 0.416 e. The fourth-order valence-corrected chi connectivity index (χ4v) is 4.44. The molecule has 0 bridgehead atoms. The number of alkyl halides is 6. The molecule has 2 N–H and O–H groups in total. The maximum atomic E-state index is 14.0. The lowest BCUT2D eigenvalue weighted by Crippen LogP contribution is -2.32. The van der Waals surface area contributed by atoms with Crippen molar-refractivity contribution in [3.63, 3.8) is 0 Å². The molecule has 12 heteroatoms. The molecule has 39 heavy (non-hydrogen) atoms. The number of nitrogens with two attached hydrogens (primary N) is 1. The van der Waals surface area contributed by atoms with E-state index in [0.717, 1.165) is 23.1 Å². The number of aromatic nitrogens is 1. The van der Waals surface area contributed by atoms with Crippen LogP contribution in [0.1, 0.15) is 60.7 Å². The molecule has 1 saturated heterocycles. The van der Waals surface area contributed by atoms with Gasteiger partial charge in [-0.25, -0.2) is 9.18 Å². The van der Waals surface area contributed by atoms with Crippen molar-refractivity contribution in [2.24, 2.45) is 0 Å². The van der Waals surface area contributed by atoms with Crippen LogP contribution < -0.4 is 5.73 Å². The van der Waals surface area contributed by atoms with Crippen molar-refractivity contribution < 1.29 is 40.3 Å². The first-order chi connectivity index (χ1) is 18.1. The van der Waals surface area contributed by atoms with Crippen molar-refractivity contribution in [1.29, 1.82) is 0 Å². The molecule has 0 aliphatic carbocycles. The predicted octanol–water partition coefficient (Wildman–Crippen LogP) is 7.71. The molecular formula is C27H24F7N3O2. The average molecular weight is 555 g/mol. The Labute approximate surface area is 219 Å². The van der Waals surface area contributed by atoms with Crippen LogP contribution in [0.2, 0.25) is 0 Å². The highest BCUT2D eigenvalue weighted by Crippen LogP contribution is 2.40. The van der Waals surface area contributed by atoms with Crippen LogP contribution in [0.25, 0.3) is 11.3 Å². The van der Waals surface area contributed by atoms with Gasteiger partial charge >= 0.3 is 18.4 Å². The van der Waals surface area contributed by atoms with Gasteiger partial charge < -0.3 is 10.5 Å². The van der Waals surface area contributed by atoms with E-state index in [-0.39, 0.29) is 34.0 Å². The highest BCUT2D eigenvalue weighted by molar-refractivity contribution is 5.77. The molecule has 1 aliphatic heterocycles. The van der Waals surface area contributed by atoms with Gasteiger partial charge in [-0.1, -0.05) is 19.9 Å². The molecule has 1 aromatic heterocycles. The van der Waals surface area contributed by atoms with Gasteiger partial charge in [-0.15, -0.1) is 0 Å². The number of carbonyl (C=O) groups is 1. The summed E-state index contributed by atoms with van der Waals surface area (Å²) in [5, 5.41) is 0. The van der Waals surface area contributed by atoms with Crippen molar-refractivity contribution in [2.75, 3.05) is 5.73 Å². The Kier molecular flexibility index (Phi) is 7.26. The molecule has 4 rings (SSSR count). The summed E-state index contributed by atoms with van der Waals surface area (Å²) in [6.45, 7) is 4.82. The van der Waals surface area contributed by atoms with Gasteiger partial charge in [0.15, 0.2) is 0 Å². The van der Waals surface area contributed by atoms with Crippen molar-refractivity contribution in [3.8, 4) is 11.3 Å². The normalized spacial score (nSPS) is 18.1. The Bertz CT molecular complexity index is 1400. The predicted molar refractivity (Wildman–Crippen MR) is 129 cm³/mol. The number of halogens is 7. The Morgan fingerprint density at radius 3 is 2.26 bits per heavy atom. The zero-order valence-corrected chi connectivity index (χ0v) is 21.0. The second-order valence-electron chi connectivity index (χ2n) is 9.64. The molecular weight excluding hydrogens is 531 g/mol. The van der Waals surface area contributed by atoms with Crippen LogP contribution in [0.15, 0.2) is 48.5 Å². The number of ether oxygens (including phenoxy) is 1. The lowest BCUT2D eigenvalue weighted by molar-refractivity contribution is -0.138. The molecule has 3 aromatic rings. The van der Waals surface area contributed by atoms with Crippen LogP contribution in [0.3, 0.4) is 0 Å². The summed E-state index contributed by atoms with van der Waals surface area (Å²) >= 11 is 0. The lowest BCUT2D eigenvalue weighted by Gasteiger charge is -2.24. The second-order valence-corrected chi connectivity index (χ2v) is 9.64. The number of cyclic esters (lactones) is 1. The van der Waals surface area contributed by atoms with E-state index in [9.17, 15) is 35.5 Å². The Hall–Kier alpha value is -3.83. The first kappa shape index (κ1) is 28.2. The zero-order chi connectivity index (χ0) is 28.9. The first-order valence-corrected chi connectivity index (χ1v) is 11.9. The number of amides is 1. The van der Waals surface area contributed by atoms with Gasteiger partial charge in [0.1, 0.15) is 11.9 Å². The molecule has 0 spiro atoms. The van der Waals surface area contributed by atoms with E-state index in [1.54, 1.807) is 12.1 Å². The maximum absolute atomic E-state index is 14.0. The van der Waals surface area contributed by atoms with E-state index >= 15 is 0 Å². The number of nitrogen functional groups attached to an aromatic ring is 1. The van der Waals surface area contributed by atoms with Gasteiger partial charge in [0.05, 0.1) is 35.1 Å². The third kappa shape index (κ3) is 5.79. The Morgan fingerprint density at radius 1 is 0.974 bits per heavy atom. The lowest BCUT2D eigenvalue weighted by atomic mass is 9.97. The van der Waals surface area contributed by atoms with Crippen molar-refractivity contribution in [3.05, 3.63) is 82.3 Å². The summed E-state index contributed by atoms with van der Waals surface area (Å²) in [5.41, 5.74) is 5.02. The number of rotatable bonds is 5. The number of hydrogen-bond acceptors (Lipinski definition) is 4. The van der Waals surface area contributed by atoms with Crippen LogP contribution >= 0.6 is 0 Å². The van der Waals surface area contributed by atoms with Crippen molar-refractivity contribution in [1.82, 2.24) is 9.88 Å². The number of hydrogen-bond donors (Lipinski definition) is 1. The summed E-state index contributed by atoms with van der Waals surface area (Å²) in [5.74, 6) is -1.18. The summed E-state index contributed by atoms with van der Waals surface area (Å²) in [7, 11) is 0. The molecule has 1 amide bonds. The van der Waals surface area contributed by atoms with E-state index < -0.39 is 54.1 Å². The number of nitrogens with zero attached hydrogens (tertiary/aromatic N) is 2. The van der Waals surface area contributed by atoms with Gasteiger partial charge in [0, 0.05) is 11.3 Å². The third-order valence-electron chi connectivity index (χ3n) is 6.54. The molecule has 0 saturated carbocycles. The summed E-state index contributed by atoms with van der Waals surface area (Å²) in [6, 6.07) is 7.12. The second kappa shape index (κ2) is 10.0. The first-order valence-electron chi connectivity index (χ1n) is 11.9. The molecule has 1 aliphatic rings. The molecule has 0 radical (unpaired) electrons. The van der Waals surface area contributed by atoms with E-state index in [2.05, 4.69) is 4.98 Å². The van der Waals surface area contributed by atoms with Crippen LogP contribution in [-0.4, -0.2) is 22.0 Å². The highest BCUT2D eigenvalue weighted by atomic mass is 19.4.